The lowest BCUT2D eigenvalue weighted by Gasteiger charge is -2.00. The Morgan fingerprint density at radius 3 is 2.40 bits per heavy atom. The lowest BCUT2D eigenvalue weighted by Crippen LogP contribution is -2.06. The van der Waals surface area contributed by atoms with E-state index in [2.05, 4.69) is 4.98 Å². The molecule has 3 aromatic rings. The monoisotopic (exact) mass is 338 g/mol. The summed E-state index contributed by atoms with van der Waals surface area (Å²) >= 11 is 0. The molecule has 0 spiro atoms. The molecule has 0 saturated carbocycles. The fourth-order valence-corrected chi connectivity index (χ4v) is 2.29. The summed E-state index contributed by atoms with van der Waals surface area (Å²) in [6.07, 6.45) is 0. The molecule has 1 heterocycles. The third kappa shape index (κ3) is 3.40. The molecular formula is C18H14N2O5. The van der Waals surface area contributed by atoms with Crippen LogP contribution >= 0.6 is 0 Å². The maximum Gasteiger partial charge on any atom is 0.361 e. The second kappa shape index (κ2) is 6.96. The molecule has 1 aromatic heterocycles. The number of esters is 1. The van der Waals surface area contributed by atoms with Gasteiger partial charge < -0.3 is 9.15 Å². The zero-order valence-electron chi connectivity index (χ0n) is 13.3. The van der Waals surface area contributed by atoms with Crippen molar-refractivity contribution >= 4 is 11.7 Å². The number of non-ortho nitro benzene ring substituents is 1. The van der Waals surface area contributed by atoms with Crippen LogP contribution in [0.1, 0.15) is 17.4 Å². The highest BCUT2D eigenvalue weighted by atomic mass is 16.6. The standard InChI is InChI=1S/C18H14N2O5/c1-2-24-18(21)15-16(12-6-4-3-5-7-12)25-17(19-15)13-8-10-14(11-9-13)20(22)23/h3-11H,2H2,1H3. The first-order chi connectivity index (χ1) is 12.1. The van der Waals surface area contributed by atoms with E-state index >= 15 is 0 Å². The number of ether oxygens (including phenoxy) is 1. The number of hydrogen-bond acceptors (Lipinski definition) is 6. The van der Waals surface area contributed by atoms with Gasteiger partial charge in [0.2, 0.25) is 5.89 Å². The Bertz CT molecular complexity index is 901. The third-order valence-corrected chi connectivity index (χ3v) is 3.46. The Hall–Kier alpha value is -3.48. The minimum Gasteiger partial charge on any atom is -0.461 e. The highest BCUT2D eigenvalue weighted by molar-refractivity contribution is 5.94. The van der Waals surface area contributed by atoms with Gasteiger partial charge in [0, 0.05) is 23.3 Å². The zero-order valence-corrected chi connectivity index (χ0v) is 13.3. The summed E-state index contributed by atoms with van der Waals surface area (Å²) in [7, 11) is 0. The number of nitro benzene ring substituents is 1. The van der Waals surface area contributed by atoms with Crippen molar-refractivity contribution < 1.29 is 18.9 Å². The van der Waals surface area contributed by atoms with Crippen LogP contribution in [0.4, 0.5) is 5.69 Å². The molecule has 0 fully saturated rings. The highest BCUT2D eigenvalue weighted by Gasteiger charge is 2.23. The summed E-state index contributed by atoms with van der Waals surface area (Å²) in [6.45, 7) is 1.92. The van der Waals surface area contributed by atoms with Crippen molar-refractivity contribution in [2.45, 2.75) is 6.92 Å². The molecule has 2 aromatic carbocycles. The van der Waals surface area contributed by atoms with Gasteiger partial charge in [0.15, 0.2) is 11.5 Å². The lowest BCUT2D eigenvalue weighted by molar-refractivity contribution is -0.384. The minimum atomic E-state index is -0.585. The predicted molar refractivity (Wildman–Crippen MR) is 90.0 cm³/mol. The number of nitrogens with zero attached hydrogens (tertiary/aromatic N) is 2. The molecule has 0 radical (unpaired) electrons. The number of hydrogen-bond donors (Lipinski definition) is 0. The number of rotatable bonds is 5. The van der Waals surface area contributed by atoms with Gasteiger partial charge in [0.25, 0.3) is 5.69 Å². The van der Waals surface area contributed by atoms with Crippen LogP contribution in [-0.2, 0) is 4.74 Å². The minimum absolute atomic E-state index is 0.0378. The quantitative estimate of drug-likeness (QED) is 0.395. The van der Waals surface area contributed by atoms with E-state index in [-0.39, 0.29) is 23.9 Å². The van der Waals surface area contributed by atoms with Crippen molar-refractivity contribution in [2.24, 2.45) is 0 Å². The average molecular weight is 338 g/mol. The van der Waals surface area contributed by atoms with Crippen LogP contribution in [0.25, 0.3) is 22.8 Å². The first-order valence-corrected chi connectivity index (χ1v) is 7.58. The Balaban J connectivity index is 2.06. The van der Waals surface area contributed by atoms with Crippen LogP contribution in [0, 0.1) is 10.1 Å². The van der Waals surface area contributed by atoms with Crippen molar-refractivity contribution in [3.8, 4) is 22.8 Å². The van der Waals surface area contributed by atoms with Gasteiger partial charge in [0.1, 0.15) is 0 Å². The van der Waals surface area contributed by atoms with Crippen LogP contribution in [0.2, 0.25) is 0 Å². The molecule has 0 aliphatic heterocycles. The van der Waals surface area contributed by atoms with Gasteiger partial charge in [-0.05, 0) is 19.1 Å². The van der Waals surface area contributed by atoms with Gasteiger partial charge in [-0.2, -0.15) is 0 Å². The fourth-order valence-electron chi connectivity index (χ4n) is 2.29. The molecule has 0 N–H and O–H groups in total. The third-order valence-electron chi connectivity index (χ3n) is 3.46. The van der Waals surface area contributed by atoms with Crippen molar-refractivity contribution in [3.05, 3.63) is 70.4 Å². The lowest BCUT2D eigenvalue weighted by atomic mass is 10.1. The SMILES string of the molecule is CCOC(=O)c1nc(-c2ccc([N+](=O)[O-])cc2)oc1-c1ccccc1. The van der Waals surface area contributed by atoms with Gasteiger partial charge in [-0.15, -0.1) is 0 Å². The number of aromatic nitrogens is 1. The van der Waals surface area contributed by atoms with Crippen LogP contribution in [0.15, 0.2) is 59.0 Å². The number of carbonyl (C=O) groups excluding carboxylic acids is 1. The molecule has 0 aliphatic carbocycles. The van der Waals surface area contributed by atoms with E-state index in [4.69, 9.17) is 9.15 Å². The van der Waals surface area contributed by atoms with E-state index in [1.54, 1.807) is 19.1 Å². The Morgan fingerprint density at radius 1 is 1.12 bits per heavy atom. The molecule has 7 heteroatoms. The van der Waals surface area contributed by atoms with E-state index in [0.717, 1.165) is 0 Å². The Labute approximate surface area is 143 Å². The van der Waals surface area contributed by atoms with E-state index in [1.165, 1.54) is 24.3 Å². The normalized spacial score (nSPS) is 10.4. The largest absolute Gasteiger partial charge is 0.461 e. The molecule has 0 aliphatic rings. The van der Waals surface area contributed by atoms with Crippen LogP contribution < -0.4 is 0 Å². The molecule has 25 heavy (non-hydrogen) atoms. The van der Waals surface area contributed by atoms with Crippen molar-refractivity contribution in [2.75, 3.05) is 6.61 Å². The first kappa shape index (κ1) is 16.4. The highest BCUT2D eigenvalue weighted by Crippen LogP contribution is 2.31. The van der Waals surface area contributed by atoms with Gasteiger partial charge in [-0.25, -0.2) is 9.78 Å². The fraction of sp³-hybridized carbons (Fsp3) is 0.111. The van der Waals surface area contributed by atoms with Gasteiger partial charge in [-0.1, -0.05) is 30.3 Å². The van der Waals surface area contributed by atoms with E-state index in [9.17, 15) is 14.9 Å². The summed E-state index contributed by atoms with van der Waals surface area (Å²) in [5, 5.41) is 10.8. The summed E-state index contributed by atoms with van der Waals surface area (Å²) in [4.78, 5) is 26.7. The van der Waals surface area contributed by atoms with Gasteiger partial charge >= 0.3 is 5.97 Å². The molecule has 0 atom stereocenters. The molecule has 0 saturated heterocycles. The van der Waals surface area contributed by atoms with Crippen molar-refractivity contribution in [3.63, 3.8) is 0 Å². The van der Waals surface area contributed by atoms with Crippen LogP contribution in [0.5, 0.6) is 0 Å². The van der Waals surface area contributed by atoms with Crippen molar-refractivity contribution in [1.82, 2.24) is 4.98 Å². The van der Waals surface area contributed by atoms with Crippen LogP contribution in [-0.4, -0.2) is 22.5 Å². The topological polar surface area (TPSA) is 95.5 Å². The summed E-state index contributed by atoms with van der Waals surface area (Å²) in [5.41, 5.74) is 1.25. The summed E-state index contributed by atoms with van der Waals surface area (Å²) in [6, 6.07) is 14.8. The van der Waals surface area contributed by atoms with E-state index in [0.29, 0.717) is 16.9 Å². The van der Waals surface area contributed by atoms with E-state index in [1.807, 2.05) is 18.2 Å². The van der Waals surface area contributed by atoms with Gasteiger partial charge in [-0.3, -0.25) is 10.1 Å². The summed E-state index contributed by atoms with van der Waals surface area (Å²) in [5.74, 6) is -0.0949. The number of benzene rings is 2. The smallest absolute Gasteiger partial charge is 0.361 e. The van der Waals surface area contributed by atoms with Crippen LogP contribution in [0.3, 0.4) is 0 Å². The Kier molecular flexibility index (Phi) is 4.56. The molecule has 126 valence electrons. The average Bonchev–Trinajstić information content (AvgIpc) is 3.08. The first-order valence-electron chi connectivity index (χ1n) is 7.58. The number of oxazole rings is 1. The molecule has 0 unspecified atom stereocenters. The second-order valence-corrected chi connectivity index (χ2v) is 5.09. The maximum atomic E-state index is 12.2. The molecule has 0 amide bonds. The second-order valence-electron chi connectivity index (χ2n) is 5.09. The molecule has 0 bridgehead atoms. The zero-order chi connectivity index (χ0) is 17.8. The maximum absolute atomic E-state index is 12.2. The molecule has 7 nitrogen and oxygen atoms in total. The van der Waals surface area contributed by atoms with Crippen molar-refractivity contribution in [1.29, 1.82) is 0 Å². The number of carbonyl (C=O) groups is 1. The summed E-state index contributed by atoms with van der Waals surface area (Å²) < 4.78 is 10.8. The van der Waals surface area contributed by atoms with Gasteiger partial charge in [0.05, 0.1) is 11.5 Å². The molecular weight excluding hydrogens is 324 g/mol. The molecule has 3 rings (SSSR count). The Morgan fingerprint density at radius 2 is 1.80 bits per heavy atom. The number of nitro groups is 1. The predicted octanol–water partition coefficient (Wildman–Crippen LogP) is 4.09. The van der Waals surface area contributed by atoms with E-state index < -0.39 is 10.9 Å².